The summed E-state index contributed by atoms with van der Waals surface area (Å²) in [7, 11) is 5.37. The molecule has 0 bridgehead atoms. The summed E-state index contributed by atoms with van der Waals surface area (Å²) in [5, 5.41) is 11.6. The fraction of sp³-hybridized carbons (Fsp3) is 0.674. The van der Waals surface area contributed by atoms with Gasteiger partial charge in [0.15, 0.2) is 6.10 Å². The Morgan fingerprint density at radius 1 is 0.574 bits per heavy atom. The van der Waals surface area contributed by atoms with E-state index in [0.717, 1.165) is 64.2 Å². The van der Waals surface area contributed by atoms with Gasteiger partial charge in [-0.1, -0.05) is 145 Å². The number of ether oxygens (including phenoxy) is 3. The number of hydrogen-bond donors (Lipinski definition) is 0. The first-order valence-corrected chi connectivity index (χ1v) is 21.0. The summed E-state index contributed by atoms with van der Waals surface area (Å²) in [6.07, 6.45) is 45.1. The van der Waals surface area contributed by atoms with Gasteiger partial charge in [-0.3, -0.25) is 9.59 Å². The molecule has 0 aliphatic carbocycles. The van der Waals surface area contributed by atoms with Crippen LogP contribution in [-0.2, 0) is 28.6 Å². The molecule has 0 spiro atoms. The molecule has 0 saturated heterocycles. The first-order chi connectivity index (χ1) is 26.1. The Hall–Kier alpha value is -3.23. The van der Waals surface area contributed by atoms with Gasteiger partial charge < -0.3 is 28.6 Å². The Morgan fingerprint density at radius 2 is 1.04 bits per heavy atom. The van der Waals surface area contributed by atoms with E-state index >= 15 is 0 Å². The average Bonchev–Trinajstić information content (AvgIpc) is 3.12. The first-order valence-electron chi connectivity index (χ1n) is 21.0. The van der Waals surface area contributed by atoms with E-state index in [2.05, 4.69) is 86.8 Å². The van der Waals surface area contributed by atoms with Gasteiger partial charge in [0.2, 0.25) is 0 Å². The normalized spacial score (nSPS) is 13.7. The SMILES string of the molecule is CC/C=C/C/C=C/C/C=C/C/C=C/C/C=C/C/C=C/CCCC(=O)OC(COCCC(C(=O)[O-])[N+](C)(C)C)COC(=O)CCCCCCCCCCCC. The van der Waals surface area contributed by atoms with E-state index in [9.17, 15) is 19.5 Å². The van der Waals surface area contributed by atoms with Crippen LogP contribution in [0.5, 0.6) is 0 Å². The summed E-state index contributed by atoms with van der Waals surface area (Å²) in [5.74, 6) is -1.82. The zero-order valence-electron chi connectivity index (χ0n) is 34.9. The van der Waals surface area contributed by atoms with Gasteiger partial charge >= 0.3 is 11.9 Å². The second kappa shape index (κ2) is 36.7. The van der Waals surface area contributed by atoms with Crippen molar-refractivity contribution in [3.8, 4) is 0 Å². The van der Waals surface area contributed by atoms with E-state index in [1.165, 1.54) is 44.9 Å². The van der Waals surface area contributed by atoms with Crippen molar-refractivity contribution in [3.63, 3.8) is 0 Å². The Labute approximate surface area is 330 Å². The number of carboxylic acid groups (broad SMARTS) is 1. The largest absolute Gasteiger partial charge is 0.544 e. The number of carbonyl (C=O) groups is 3. The molecule has 54 heavy (non-hydrogen) atoms. The molecule has 0 aromatic carbocycles. The summed E-state index contributed by atoms with van der Waals surface area (Å²) in [6, 6.07) is -0.737. The maximum atomic E-state index is 12.7. The molecule has 0 saturated carbocycles. The number of likely N-dealkylation sites (N-methyl/N-ethyl adjacent to an activating group) is 1. The predicted octanol–water partition coefficient (Wildman–Crippen LogP) is 9.85. The van der Waals surface area contributed by atoms with E-state index < -0.39 is 18.1 Å². The van der Waals surface area contributed by atoms with E-state index in [-0.39, 0.29) is 49.1 Å². The van der Waals surface area contributed by atoms with Crippen molar-refractivity contribution in [2.75, 3.05) is 41.0 Å². The van der Waals surface area contributed by atoms with Crippen LogP contribution in [0.4, 0.5) is 0 Å². The van der Waals surface area contributed by atoms with Crippen molar-refractivity contribution in [3.05, 3.63) is 72.9 Å². The van der Waals surface area contributed by atoms with Crippen molar-refractivity contribution < 1.29 is 38.2 Å². The molecule has 308 valence electrons. The second-order valence-electron chi connectivity index (χ2n) is 14.8. The second-order valence-corrected chi connectivity index (χ2v) is 14.8. The van der Waals surface area contributed by atoms with Crippen LogP contribution in [0.3, 0.4) is 0 Å². The number of carboxylic acids is 1. The lowest BCUT2D eigenvalue weighted by atomic mass is 10.1. The quantitative estimate of drug-likeness (QED) is 0.0272. The molecular weight excluding hydrogens is 679 g/mol. The van der Waals surface area contributed by atoms with Gasteiger partial charge in [0.1, 0.15) is 12.6 Å². The minimum Gasteiger partial charge on any atom is -0.544 e. The molecule has 0 N–H and O–H groups in total. The number of nitrogens with zero attached hydrogens (tertiary/aromatic N) is 1. The van der Waals surface area contributed by atoms with Crippen molar-refractivity contribution >= 4 is 17.9 Å². The van der Waals surface area contributed by atoms with Crippen molar-refractivity contribution in [1.29, 1.82) is 0 Å². The predicted molar refractivity (Wildman–Crippen MR) is 222 cm³/mol. The van der Waals surface area contributed by atoms with Crippen LogP contribution in [0, 0.1) is 0 Å². The molecule has 2 atom stereocenters. The van der Waals surface area contributed by atoms with E-state index in [1.54, 1.807) is 21.1 Å². The van der Waals surface area contributed by atoms with Crippen LogP contribution < -0.4 is 5.11 Å². The lowest BCUT2D eigenvalue weighted by molar-refractivity contribution is -0.889. The number of rotatable bonds is 36. The summed E-state index contributed by atoms with van der Waals surface area (Å²) >= 11 is 0. The maximum Gasteiger partial charge on any atom is 0.306 e. The van der Waals surface area contributed by atoms with Gasteiger partial charge in [-0.25, -0.2) is 0 Å². The molecule has 2 unspecified atom stereocenters. The minimum atomic E-state index is -1.14. The number of carbonyl (C=O) groups excluding carboxylic acids is 3. The van der Waals surface area contributed by atoms with Gasteiger partial charge in [-0.15, -0.1) is 0 Å². The third-order valence-corrected chi connectivity index (χ3v) is 8.86. The lowest BCUT2D eigenvalue weighted by Crippen LogP contribution is -2.55. The fourth-order valence-electron chi connectivity index (χ4n) is 5.61. The molecule has 8 heteroatoms. The highest BCUT2D eigenvalue weighted by molar-refractivity contribution is 5.70. The maximum absolute atomic E-state index is 12.7. The third-order valence-electron chi connectivity index (χ3n) is 8.86. The Bertz CT molecular complexity index is 1110. The highest BCUT2D eigenvalue weighted by Crippen LogP contribution is 2.13. The fourth-order valence-corrected chi connectivity index (χ4v) is 5.61. The molecule has 0 aromatic rings. The Morgan fingerprint density at radius 3 is 1.52 bits per heavy atom. The smallest absolute Gasteiger partial charge is 0.306 e. The number of hydrogen-bond acceptors (Lipinski definition) is 7. The Balaban J connectivity index is 4.48. The summed E-state index contributed by atoms with van der Waals surface area (Å²) < 4.78 is 17.0. The van der Waals surface area contributed by atoms with Gasteiger partial charge in [0.05, 0.1) is 40.3 Å². The van der Waals surface area contributed by atoms with Crippen molar-refractivity contribution in [2.45, 2.75) is 161 Å². The van der Waals surface area contributed by atoms with Gasteiger partial charge in [-0.05, 0) is 57.8 Å². The lowest BCUT2D eigenvalue weighted by Gasteiger charge is -2.34. The van der Waals surface area contributed by atoms with Crippen LogP contribution in [0.15, 0.2) is 72.9 Å². The molecular formula is C46H77NO7. The molecule has 0 heterocycles. The third kappa shape index (κ3) is 34.5. The van der Waals surface area contributed by atoms with Gasteiger partial charge in [-0.2, -0.15) is 0 Å². The molecule has 0 amide bonds. The highest BCUT2D eigenvalue weighted by atomic mass is 16.6. The molecule has 0 fully saturated rings. The molecule has 0 aliphatic rings. The van der Waals surface area contributed by atoms with Crippen molar-refractivity contribution in [2.24, 2.45) is 0 Å². The highest BCUT2D eigenvalue weighted by Gasteiger charge is 2.25. The summed E-state index contributed by atoms with van der Waals surface area (Å²) in [5.41, 5.74) is 0. The number of allylic oxidation sites excluding steroid dienone is 12. The first kappa shape index (κ1) is 50.8. The van der Waals surface area contributed by atoms with Crippen molar-refractivity contribution in [1.82, 2.24) is 0 Å². The van der Waals surface area contributed by atoms with Gasteiger partial charge in [0, 0.05) is 19.3 Å². The number of aliphatic carboxylic acids is 1. The van der Waals surface area contributed by atoms with Crippen LogP contribution in [-0.4, -0.2) is 75.5 Å². The standard InChI is InChI=1S/C46H77NO7/c1-6-8-10-12-14-16-18-19-20-21-22-23-24-25-26-27-29-31-33-35-37-45(49)54-42(40-52-39-38-43(46(50)51)47(3,4)5)41-53-44(48)36-34-32-30-28-17-15-13-11-9-7-2/h8,10,14,16,19-20,22-23,25-26,29,31,42-43H,6-7,9,11-13,15,17-18,21,24,27-28,30,32-41H2,1-5H3/b10-8+,16-14+,20-19+,23-22+,26-25+,31-29+. The van der Waals surface area contributed by atoms with E-state index in [1.807, 2.05) is 0 Å². The topological polar surface area (TPSA) is 102 Å². The Kier molecular flexibility index (Phi) is 34.5. The van der Waals surface area contributed by atoms with Crippen LogP contribution in [0.2, 0.25) is 0 Å². The summed E-state index contributed by atoms with van der Waals surface area (Å²) in [6.45, 7) is 4.45. The monoisotopic (exact) mass is 756 g/mol. The van der Waals surface area contributed by atoms with Crippen LogP contribution in [0.25, 0.3) is 0 Å². The van der Waals surface area contributed by atoms with E-state index in [0.29, 0.717) is 12.8 Å². The summed E-state index contributed by atoms with van der Waals surface area (Å²) in [4.78, 5) is 36.7. The number of esters is 2. The van der Waals surface area contributed by atoms with Crippen LogP contribution >= 0.6 is 0 Å². The number of unbranched alkanes of at least 4 members (excludes halogenated alkanes) is 10. The molecule has 0 aromatic heterocycles. The van der Waals surface area contributed by atoms with Crippen LogP contribution in [0.1, 0.15) is 149 Å². The molecule has 0 aliphatic heterocycles. The zero-order chi connectivity index (χ0) is 40.0. The molecule has 0 rings (SSSR count). The molecule has 0 radical (unpaired) electrons. The van der Waals surface area contributed by atoms with Gasteiger partial charge in [0.25, 0.3) is 0 Å². The van der Waals surface area contributed by atoms with E-state index in [4.69, 9.17) is 14.2 Å². The number of quaternary nitrogens is 1. The zero-order valence-corrected chi connectivity index (χ0v) is 34.9. The minimum absolute atomic E-state index is 0.0152. The molecule has 8 nitrogen and oxygen atoms in total. The average molecular weight is 756 g/mol.